The van der Waals surface area contributed by atoms with Gasteiger partial charge in [-0.25, -0.2) is 5.06 Å². The molecule has 1 aliphatic rings. The molecule has 58 valence electrons. The van der Waals surface area contributed by atoms with Crippen LogP contribution in [0.25, 0.3) is 0 Å². The van der Waals surface area contributed by atoms with Crippen molar-refractivity contribution in [3.63, 3.8) is 0 Å². The molecule has 0 N–H and O–H groups in total. The quantitative estimate of drug-likeness (QED) is 0.596. The number of fused-ring (bicyclic) bond motifs is 1. The van der Waals surface area contributed by atoms with Crippen LogP contribution in [0.1, 0.15) is 6.92 Å². The third-order valence-electron chi connectivity index (χ3n) is 1.64. The molecule has 0 saturated heterocycles. The van der Waals surface area contributed by atoms with E-state index in [9.17, 15) is 0 Å². The summed E-state index contributed by atoms with van der Waals surface area (Å²) in [7, 11) is 0. The summed E-state index contributed by atoms with van der Waals surface area (Å²) in [6.07, 6.45) is 0. The first-order valence-corrected chi connectivity index (χ1v) is 4.37. The predicted octanol–water partition coefficient (Wildman–Crippen LogP) is 2.47. The van der Waals surface area contributed by atoms with Gasteiger partial charge in [0.15, 0.2) is 0 Å². The first kappa shape index (κ1) is 7.00. The van der Waals surface area contributed by atoms with Crippen molar-refractivity contribution in [2.24, 2.45) is 0 Å². The van der Waals surface area contributed by atoms with Gasteiger partial charge in [-0.15, -0.1) is 0 Å². The third kappa shape index (κ3) is 1.10. The Kier molecular flexibility index (Phi) is 1.75. The number of rotatable bonds is 1. The predicted molar refractivity (Wildman–Crippen MR) is 46.4 cm³/mol. The molecule has 0 amide bonds. The van der Waals surface area contributed by atoms with Gasteiger partial charge in [-0.3, -0.25) is 0 Å². The Balaban J connectivity index is 2.39. The second-order valence-corrected chi connectivity index (χ2v) is 3.08. The van der Waals surface area contributed by atoms with E-state index in [2.05, 4.69) is 19.1 Å². The minimum Gasteiger partial charge on any atom is -0.240 e. The highest BCUT2D eigenvalue weighted by atomic mass is 32.2. The summed E-state index contributed by atoms with van der Waals surface area (Å²) in [5.41, 5.74) is 1.18. The van der Waals surface area contributed by atoms with E-state index in [1.54, 1.807) is 0 Å². The third-order valence-corrected chi connectivity index (χ3v) is 2.42. The average Bonchev–Trinajstić information content (AvgIpc) is 2.47. The van der Waals surface area contributed by atoms with Gasteiger partial charge in [0.2, 0.25) is 0 Å². The van der Waals surface area contributed by atoms with Crippen LogP contribution in [0.2, 0.25) is 0 Å². The van der Waals surface area contributed by atoms with Gasteiger partial charge in [0.05, 0.1) is 22.6 Å². The number of hydroxylamine groups is 1. The van der Waals surface area contributed by atoms with Crippen molar-refractivity contribution in [2.75, 3.05) is 11.6 Å². The molecule has 3 heteroatoms. The zero-order chi connectivity index (χ0) is 7.68. The fraction of sp³-hybridized carbons (Fsp3) is 0.250. The molecule has 2 nitrogen and oxygen atoms in total. The lowest BCUT2D eigenvalue weighted by Gasteiger charge is -2.11. The molecule has 1 heterocycles. The van der Waals surface area contributed by atoms with E-state index < -0.39 is 0 Å². The van der Waals surface area contributed by atoms with E-state index in [1.165, 1.54) is 22.6 Å². The largest absolute Gasteiger partial charge is 0.240 e. The fourth-order valence-electron chi connectivity index (χ4n) is 1.08. The minimum atomic E-state index is 0.893. The summed E-state index contributed by atoms with van der Waals surface area (Å²) in [4.78, 5) is 1.20. The van der Waals surface area contributed by atoms with Crippen molar-refractivity contribution < 1.29 is 4.28 Å². The van der Waals surface area contributed by atoms with Crippen LogP contribution in [0.3, 0.4) is 0 Å². The summed E-state index contributed by atoms with van der Waals surface area (Å²) in [6.45, 7) is 2.96. The summed E-state index contributed by atoms with van der Waals surface area (Å²) in [5, 5.41) is 1.89. The highest BCUT2D eigenvalue weighted by molar-refractivity contribution is 7.95. The van der Waals surface area contributed by atoms with Crippen LogP contribution in [0.15, 0.2) is 29.2 Å². The average molecular weight is 167 g/mol. The normalized spacial score (nSPS) is 15.2. The number of hydrogen-bond donors (Lipinski definition) is 0. The first-order valence-electron chi connectivity index (χ1n) is 3.63. The van der Waals surface area contributed by atoms with Crippen LogP contribution in [-0.2, 0) is 4.28 Å². The van der Waals surface area contributed by atoms with Gasteiger partial charge in [-0.05, 0) is 19.1 Å². The van der Waals surface area contributed by atoms with Gasteiger partial charge in [0.1, 0.15) is 0 Å². The maximum absolute atomic E-state index is 5.32. The molecule has 2 rings (SSSR count). The Bertz CT molecular complexity index is 264. The smallest absolute Gasteiger partial charge is 0.0808 e. The van der Waals surface area contributed by atoms with Gasteiger partial charge >= 0.3 is 0 Å². The summed E-state index contributed by atoms with van der Waals surface area (Å²) < 4.78 is 5.32. The Labute approximate surface area is 70.3 Å². The number of nitrogens with zero attached hydrogens (tertiary/aromatic N) is 1. The van der Waals surface area contributed by atoms with Crippen molar-refractivity contribution in [3.8, 4) is 0 Å². The summed E-state index contributed by atoms with van der Waals surface area (Å²) in [5.74, 6) is 0. The van der Waals surface area contributed by atoms with Gasteiger partial charge in [-0.1, -0.05) is 12.1 Å². The van der Waals surface area contributed by atoms with E-state index in [-0.39, 0.29) is 0 Å². The van der Waals surface area contributed by atoms with Crippen LogP contribution in [-0.4, -0.2) is 6.54 Å². The lowest BCUT2D eigenvalue weighted by atomic mass is 10.3. The lowest BCUT2D eigenvalue weighted by Crippen LogP contribution is -2.15. The molecular weight excluding hydrogens is 158 g/mol. The molecule has 0 unspecified atom stereocenters. The van der Waals surface area contributed by atoms with Crippen LogP contribution in [0.4, 0.5) is 5.69 Å². The van der Waals surface area contributed by atoms with Crippen molar-refractivity contribution in [1.82, 2.24) is 0 Å². The molecule has 0 radical (unpaired) electrons. The van der Waals surface area contributed by atoms with Crippen molar-refractivity contribution >= 4 is 17.7 Å². The monoisotopic (exact) mass is 167 g/mol. The Hall–Kier alpha value is -0.670. The molecular formula is C8H9NOS. The molecule has 0 aliphatic carbocycles. The first-order chi connectivity index (χ1) is 5.42. The fourth-order valence-corrected chi connectivity index (χ4v) is 1.83. The van der Waals surface area contributed by atoms with Crippen LogP contribution in [0.5, 0.6) is 0 Å². The van der Waals surface area contributed by atoms with Gasteiger partial charge in [-0.2, -0.15) is 4.28 Å². The van der Waals surface area contributed by atoms with Gasteiger partial charge in [0.25, 0.3) is 0 Å². The van der Waals surface area contributed by atoms with E-state index in [0.717, 1.165) is 6.54 Å². The van der Waals surface area contributed by atoms with Crippen molar-refractivity contribution in [1.29, 1.82) is 0 Å². The topological polar surface area (TPSA) is 12.5 Å². The van der Waals surface area contributed by atoms with Gasteiger partial charge < -0.3 is 0 Å². The number of para-hydroxylation sites is 1. The SMILES string of the molecule is CCN1OSc2ccccc21. The van der Waals surface area contributed by atoms with Crippen LogP contribution in [0, 0.1) is 0 Å². The maximum atomic E-state index is 5.32. The molecule has 1 aromatic carbocycles. The summed E-state index contributed by atoms with van der Waals surface area (Å²) >= 11 is 1.43. The molecule has 0 saturated carbocycles. The van der Waals surface area contributed by atoms with Crippen molar-refractivity contribution in [3.05, 3.63) is 24.3 Å². The molecule has 0 fully saturated rings. The minimum absolute atomic E-state index is 0.893. The molecule has 0 atom stereocenters. The zero-order valence-electron chi connectivity index (χ0n) is 6.28. The molecule has 1 aromatic rings. The second kappa shape index (κ2) is 2.75. The van der Waals surface area contributed by atoms with E-state index >= 15 is 0 Å². The van der Waals surface area contributed by atoms with E-state index in [0.29, 0.717) is 0 Å². The summed E-state index contributed by atoms with van der Waals surface area (Å²) in [6, 6.07) is 8.18. The Morgan fingerprint density at radius 3 is 3.09 bits per heavy atom. The lowest BCUT2D eigenvalue weighted by molar-refractivity contribution is 0.348. The molecule has 1 aliphatic heterocycles. The highest BCUT2D eigenvalue weighted by Crippen LogP contribution is 2.38. The number of benzene rings is 1. The number of hydrogen-bond acceptors (Lipinski definition) is 3. The maximum Gasteiger partial charge on any atom is 0.0808 e. The zero-order valence-corrected chi connectivity index (χ0v) is 7.10. The highest BCUT2D eigenvalue weighted by Gasteiger charge is 2.18. The number of anilines is 1. The second-order valence-electron chi connectivity index (χ2n) is 2.32. The molecule has 0 aromatic heterocycles. The van der Waals surface area contributed by atoms with Crippen LogP contribution < -0.4 is 5.06 Å². The van der Waals surface area contributed by atoms with Crippen LogP contribution >= 0.6 is 12.0 Å². The molecule has 11 heavy (non-hydrogen) atoms. The molecule has 0 bridgehead atoms. The van der Waals surface area contributed by atoms with Crippen molar-refractivity contribution in [2.45, 2.75) is 11.8 Å². The Morgan fingerprint density at radius 2 is 2.27 bits per heavy atom. The molecule has 0 spiro atoms. The Morgan fingerprint density at radius 1 is 1.45 bits per heavy atom. The van der Waals surface area contributed by atoms with E-state index in [4.69, 9.17) is 4.28 Å². The van der Waals surface area contributed by atoms with E-state index in [1.807, 2.05) is 17.2 Å². The van der Waals surface area contributed by atoms with Gasteiger partial charge in [0, 0.05) is 6.54 Å². The standard InChI is InChI=1S/C8H9NOS/c1-2-9-7-5-3-4-6-8(7)11-10-9/h3-6H,2H2,1H3.